The molecule has 158 valence electrons. The van der Waals surface area contributed by atoms with E-state index in [2.05, 4.69) is 30.3 Å². The molecule has 0 aliphatic heterocycles. The number of nitrogens with one attached hydrogen (secondary N) is 2. The molecular formula is C20H19ClF3N5O. The molecule has 3 aromatic rings. The molecule has 10 heteroatoms. The van der Waals surface area contributed by atoms with E-state index in [4.69, 9.17) is 11.6 Å². The molecule has 2 heterocycles. The molecule has 0 aliphatic carbocycles. The monoisotopic (exact) mass is 437 g/mol. The van der Waals surface area contributed by atoms with E-state index >= 15 is 0 Å². The third-order valence-electron chi connectivity index (χ3n) is 3.60. The molecular weight excluding hydrogens is 419 g/mol. The number of rotatable bonds is 5. The minimum atomic E-state index is -4.82. The van der Waals surface area contributed by atoms with E-state index in [-0.39, 0.29) is 10.6 Å². The quantitative estimate of drug-likeness (QED) is 0.506. The predicted molar refractivity (Wildman–Crippen MR) is 110 cm³/mol. The van der Waals surface area contributed by atoms with Gasteiger partial charge in [-0.3, -0.25) is 4.98 Å². The first-order chi connectivity index (χ1) is 14.0. The molecule has 0 unspecified atom stereocenters. The first-order valence-electron chi connectivity index (χ1n) is 8.88. The lowest BCUT2D eigenvalue weighted by atomic mass is 10.1. The highest BCUT2D eigenvalue weighted by molar-refractivity contribution is 6.32. The zero-order chi connectivity index (χ0) is 21.9. The summed E-state index contributed by atoms with van der Waals surface area (Å²) in [6.07, 6.45) is -1.49. The average Bonchev–Trinajstić information content (AvgIpc) is 2.62. The number of anilines is 3. The summed E-state index contributed by atoms with van der Waals surface area (Å²) in [4.78, 5) is 13.1. The Morgan fingerprint density at radius 3 is 2.40 bits per heavy atom. The fourth-order valence-corrected chi connectivity index (χ4v) is 2.72. The Hall–Kier alpha value is -3.07. The number of hydrogen-bond acceptors (Lipinski definition) is 6. The summed E-state index contributed by atoms with van der Waals surface area (Å²) in [5, 5.41) is 6.06. The number of alkyl halides is 3. The SMILES string of the molecule is CC(C)(C)Nc1nc(Nc2ccc(OC(F)(F)F)c(Cl)c2)cc(-c2cccnc2)n1. The molecule has 0 aliphatic rings. The molecule has 2 aromatic heterocycles. The van der Waals surface area contributed by atoms with Crippen LogP contribution >= 0.6 is 11.6 Å². The van der Waals surface area contributed by atoms with Gasteiger partial charge < -0.3 is 15.4 Å². The molecule has 0 bridgehead atoms. The van der Waals surface area contributed by atoms with Gasteiger partial charge in [-0.1, -0.05) is 11.6 Å². The Bertz CT molecular complexity index is 1020. The Kier molecular flexibility index (Phi) is 6.02. The van der Waals surface area contributed by atoms with E-state index in [0.29, 0.717) is 23.1 Å². The molecule has 0 atom stereocenters. The van der Waals surface area contributed by atoms with E-state index in [0.717, 1.165) is 11.6 Å². The van der Waals surface area contributed by atoms with Gasteiger partial charge in [0.05, 0.1) is 10.7 Å². The first-order valence-corrected chi connectivity index (χ1v) is 9.26. The number of halogens is 4. The summed E-state index contributed by atoms with van der Waals surface area (Å²) in [5.74, 6) is 0.328. The summed E-state index contributed by atoms with van der Waals surface area (Å²) >= 11 is 5.93. The number of nitrogens with zero attached hydrogens (tertiary/aromatic N) is 3. The predicted octanol–water partition coefficient (Wildman–Crippen LogP) is 6.04. The Labute approximate surface area is 176 Å². The van der Waals surface area contributed by atoms with Crippen LogP contribution in [-0.2, 0) is 0 Å². The van der Waals surface area contributed by atoms with Crippen molar-refractivity contribution in [2.24, 2.45) is 0 Å². The molecule has 3 rings (SSSR count). The summed E-state index contributed by atoms with van der Waals surface area (Å²) in [6, 6.07) is 9.23. The van der Waals surface area contributed by atoms with Crippen molar-refractivity contribution in [3.8, 4) is 17.0 Å². The van der Waals surface area contributed by atoms with Crippen LogP contribution in [0.4, 0.5) is 30.6 Å². The van der Waals surface area contributed by atoms with Gasteiger partial charge in [0.25, 0.3) is 0 Å². The maximum Gasteiger partial charge on any atom is 0.573 e. The van der Waals surface area contributed by atoms with Crippen molar-refractivity contribution < 1.29 is 17.9 Å². The van der Waals surface area contributed by atoms with Crippen molar-refractivity contribution in [3.05, 3.63) is 53.8 Å². The van der Waals surface area contributed by atoms with Crippen LogP contribution in [0.15, 0.2) is 48.8 Å². The summed E-state index contributed by atoms with van der Waals surface area (Å²) in [5.41, 5.74) is 1.56. The molecule has 6 nitrogen and oxygen atoms in total. The number of benzene rings is 1. The van der Waals surface area contributed by atoms with Crippen LogP contribution in [0, 0.1) is 0 Å². The van der Waals surface area contributed by atoms with Crippen molar-refractivity contribution >= 4 is 29.1 Å². The van der Waals surface area contributed by atoms with Crippen LogP contribution in [-0.4, -0.2) is 26.9 Å². The average molecular weight is 438 g/mol. The molecule has 0 saturated carbocycles. The van der Waals surface area contributed by atoms with Gasteiger partial charge in [0.1, 0.15) is 11.6 Å². The lowest BCUT2D eigenvalue weighted by molar-refractivity contribution is -0.274. The Balaban J connectivity index is 1.93. The molecule has 0 fully saturated rings. The number of ether oxygens (including phenoxy) is 1. The van der Waals surface area contributed by atoms with E-state index < -0.39 is 12.1 Å². The Morgan fingerprint density at radius 2 is 1.80 bits per heavy atom. The normalized spacial score (nSPS) is 11.8. The van der Waals surface area contributed by atoms with Gasteiger partial charge in [-0.15, -0.1) is 13.2 Å². The number of pyridine rings is 1. The second-order valence-corrected chi connectivity index (χ2v) is 7.80. The molecule has 2 N–H and O–H groups in total. The summed E-state index contributed by atoms with van der Waals surface area (Å²) in [7, 11) is 0. The van der Waals surface area contributed by atoms with Crippen LogP contribution in [0.25, 0.3) is 11.3 Å². The van der Waals surface area contributed by atoms with Crippen molar-refractivity contribution in [1.29, 1.82) is 0 Å². The second kappa shape index (κ2) is 8.35. The fraction of sp³-hybridized carbons (Fsp3) is 0.250. The van der Waals surface area contributed by atoms with Gasteiger partial charge >= 0.3 is 6.36 Å². The number of hydrogen-bond donors (Lipinski definition) is 2. The van der Waals surface area contributed by atoms with Crippen molar-refractivity contribution in [3.63, 3.8) is 0 Å². The highest BCUT2D eigenvalue weighted by Crippen LogP contribution is 2.33. The first kappa shape index (κ1) is 21.6. The van der Waals surface area contributed by atoms with Gasteiger partial charge in [-0.05, 0) is 51.1 Å². The lowest BCUT2D eigenvalue weighted by Crippen LogP contribution is -2.27. The summed E-state index contributed by atoms with van der Waals surface area (Å²) < 4.78 is 41.2. The van der Waals surface area contributed by atoms with E-state index in [1.54, 1.807) is 24.5 Å². The molecule has 1 aromatic carbocycles. The maximum absolute atomic E-state index is 12.4. The Morgan fingerprint density at radius 1 is 1.03 bits per heavy atom. The van der Waals surface area contributed by atoms with E-state index in [1.807, 2.05) is 26.8 Å². The minimum Gasteiger partial charge on any atom is -0.404 e. The van der Waals surface area contributed by atoms with Crippen LogP contribution in [0.1, 0.15) is 20.8 Å². The highest BCUT2D eigenvalue weighted by atomic mass is 35.5. The standard InChI is InChI=1S/C20H19ClF3N5O/c1-19(2,3)29-18-27-15(12-5-4-8-25-11-12)10-17(28-18)26-13-6-7-16(14(21)9-13)30-20(22,23)24/h4-11H,1-3H3,(H2,26,27,28,29). The third kappa shape index (κ3) is 6.21. The largest absolute Gasteiger partial charge is 0.573 e. The van der Waals surface area contributed by atoms with Crippen LogP contribution in [0.3, 0.4) is 0 Å². The maximum atomic E-state index is 12.4. The van der Waals surface area contributed by atoms with E-state index in [1.165, 1.54) is 12.1 Å². The topological polar surface area (TPSA) is 72.0 Å². The van der Waals surface area contributed by atoms with Gasteiger partial charge in [0.15, 0.2) is 0 Å². The van der Waals surface area contributed by atoms with Crippen LogP contribution in [0.5, 0.6) is 5.75 Å². The molecule has 0 spiro atoms. The minimum absolute atomic E-state index is 0.188. The van der Waals surface area contributed by atoms with Gasteiger partial charge in [-0.25, -0.2) is 4.98 Å². The molecule has 0 radical (unpaired) electrons. The highest BCUT2D eigenvalue weighted by Gasteiger charge is 2.32. The summed E-state index contributed by atoms with van der Waals surface area (Å²) in [6.45, 7) is 5.91. The second-order valence-electron chi connectivity index (χ2n) is 7.40. The molecule has 0 saturated heterocycles. The van der Waals surface area contributed by atoms with Crippen LogP contribution < -0.4 is 15.4 Å². The van der Waals surface area contributed by atoms with Crippen LogP contribution in [0.2, 0.25) is 5.02 Å². The van der Waals surface area contributed by atoms with Crippen molar-refractivity contribution in [1.82, 2.24) is 15.0 Å². The van der Waals surface area contributed by atoms with Gasteiger partial charge in [0, 0.05) is 35.2 Å². The van der Waals surface area contributed by atoms with Gasteiger partial charge in [-0.2, -0.15) is 4.98 Å². The zero-order valence-corrected chi connectivity index (χ0v) is 17.1. The third-order valence-corrected chi connectivity index (χ3v) is 3.90. The zero-order valence-electron chi connectivity index (χ0n) is 16.4. The molecule has 0 amide bonds. The van der Waals surface area contributed by atoms with Crippen molar-refractivity contribution in [2.45, 2.75) is 32.7 Å². The fourth-order valence-electron chi connectivity index (χ4n) is 2.50. The van der Waals surface area contributed by atoms with Crippen molar-refractivity contribution in [2.75, 3.05) is 10.6 Å². The smallest absolute Gasteiger partial charge is 0.404 e. The van der Waals surface area contributed by atoms with Gasteiger partial charge in [0.2, 0.25) is 5.95 Å². The van der Waals surface area contributed by atoms with E-state index in [9.17, 15) is 13.2 Å². The lowest BCUT2D eigenvalue weighted by Gasteiger charge is -2.21. The number of aromatic nitrogens is 3. The molecule has 30 heavy (non-hydrogen) atoms.